The van der Waals surface area contributed by atoms with Crippen LogP contribution >= 0.6 is 11.3 Å². The van der Waals surface area contributed by atoms with Crippen LogP contribution in [0.4, 0.5) is 0 Å². The molecule has 0 spiro atoms. The molecule has 7 heteroatoms. The highest BCUT2D eigenvalue weighted by atomic mass is 32.1. The Kier molecular flexibility index (Phi) is 3.57. The molecule has 6 nitrogen and oxygen atoms in total. The molecule has 1 aliphatic heterocycles. The number of aromatic amines is 1. The molecule has 0 aromatic carbocycles. The molecule has 0 fully saturated rings. The molecule has 3 aromatic heterocycles. The predicted octanol–water partition coefficient (Wildman–Crippen LogP) is 2.81. The number of pyridine rings is 1. The first-order valence-corrected chi connectivity index (χ1v) is 8.89. The molecule has 3 aromatic rings. The zero-order valence-corrected chi connectivity index (χ0v) is 15.1. The van der Waals surface area contributed by atoms with Crippen LogP contribution in [0.1, 0.15) is 32.0 Å². The molecule has 4 rings (SSSR count). The summed E-state index contributed by atoms with van der Waals surface area (Å²) < 4.78 is 6.34. The molecule has 0 radical (unpaired) electrons. The van der Waals surface area contributed by atoms with Gasteiger partial charge in [-0.05, 0) is 17.5 Å². The van der Waals surface area contributed by atoms with Gasteiger partial charge in [-0.25, -0.2) is 0 Å². The number of H-pyrrole nitrogens is 1. The lowest BCUT2D eigenvalue weighted by Gasteiger charge is -2.43. The number of ether oxygens (including phenoxy) is 1. The van der Waals surface area contributed by atoms with Crippen LogP contribution in [-0.4, -0.2) is 26.9 Å². The second-order valence-electron chi connectivity index (χ2n) is 7.40. The third-order valence-corrected chi connectivity index (χ3v) is 6.07. The maximum atomic E-state index is 12.7. The Morgan fingerprint density at radius 1 is 1.36 bits per heavy atom. The maximum Gasteiger partial charge on any atom is 0.266 e. The highest BCUT2D eigenvalue weighted by Gasteiger charge is 2.47. The SMILES string of the molecule is CC(C)(C)[C@@]1(O)COCc2c1[nH]c(=O)c1sc(-c3ccnnc3)cc21. The number of hydrogen-bond acceptors (Lipinski definition) is 6. The highest BCUT2D eigenvalue weighted by molar-refractivity contribution is 7.22. The van der Waals surface area contributed by atoms with Gasteiger partial charge in [-0.2, -0.15) is 10.2 Å². The first-order valence-electron chi connectivity index (χ1n) is 8.07. The zero-order valence-electron chi connectivity index (χ0n) is 14.3. The first-order chi connectivity index (χ1) is 11.8. The van der Waals surface area contributed by atoms with Gasteiger partial charge in [-0.15, -0.1) is 11.3 Å². The lowest BCUT2D eigenvalue weighted by Crippen LogP contribution is -2.48. The van der Waals surface area contributed by atoms with E-state index in [2.05, 4.69) is 15.2 Å². The van der Waals surface area contributed by atoms with Gasteiger partial charge in [0.2, 0.25) is 0 Å². The molecule has 4 heterocycles. The smallest absolute Gasteiger partial charge is 0.266 e. The van der Waals surface area contributed by atoms with Crippen LogP contribution in [0.2, 0.25) is 0 Å². The van der Waals surface area contributed by atoms with Crippen LogP contribution in [-0.2, 0) is 16.9 Å². The van der Waals surface area contributed by atoms with Crippen molar-refractivity contribution in [1.29, 1.82) is 0 Å². The van der Waals surface area contributed by atoms with Gasteiger partial charge in [-0.3, -0.25) is 4.79 Å². The molecule has 2 N–H and O–H groups in total. The van der Waals surface area contributed by atoms with Crippen molar-refractivity contribution in [2.45, 2.75) is 33.0 Å². The molecule has 1 aliphatic rings. The summed E-state index contributed by atoms with van der Waals surface area (Å²) in [5.74, 6) is 0. The van der Waals surface area contributed by atoms with Crippen molar-refractivity contribution >= 4 is 21.4 Å². The summed E-state index contributed by atoms with van der Waals surface area (Å²) in [4.78, 5) is 16.6. The quantitative estimate of drug-likeness (QED) is 0.699. The Balaban J connectivity index is 2.00. The van der Waals surface area contributed by atoms with Crippen LogP contribution in [0.5, 0.6) is 0 Å². The Morgan fingerprint density at radius 3 is 2.84 bits per heavy atom. The van der Waals surface area contributed by atoms with E-state index in [9.17, 15) is 9.90 Å². The van der Waals surface area contributed by atoms with Crippen molar-refractivity contribution in [1.82, 2.24) is 15.2 Å². The summed E-state index contributed by atoms with van der Waals surface area (Å²) in [5, 5.41) is 19.8. The molecule has 1 atom stereocenters. The topological polar surface area (TPSA) is 88.1 Å². The monoisotopic (exact) mass is 357 g/mol. The number of thiophene rings is 1. The van der Waals surface area contributed by atoms with E-state index in [-0.39, 0.29) is 12.2 Å². The fourth-order valence-electron chi connectivity index (χ4n) is 3.21. The molecular formula is C18H19N3O3S. The Morgan fingerprint density at radius 2 is 2.16 bits per heavy atom. The second-order valence-corrected chi connectivity index (χ2v) is 8.45. The van der Waals surface area contributed by atoms with Crippen molar-refractivity contribution in [3.05, 3.63) is 46.1 Å². The van der Waals surface area contributed by atoms with E-state index < -0.39 is 11.0 Å². The third kappa shape index (κ3) is 2.42. The van der Waals surface area contributed by atoms with Crippen molar-refractivity contribution in [2.75, 3.05) is 6.61 Å². The first kappa shape index (κ1) is 16.4. The van der Waals surface area contributed by atoms with Gasteiger partial charge in [0, 0.05) is 21.4 Å². The van der Waals surface area contributed by atoms with Gasteiger partial charge in [0.1, 0.15) is 10.3 Å². The van der Waals surface area contributed by atoms with E-state index in [1.54, 1.807) is 12.4 Å². The number of nitrogens with zero attached hydrogens (tertiary/aromatic N) is 2. The van der Waals surface area contributed by atoms with Crippen LogP contribution in [0, 0.1) is 5.41 Å². The van der Waals surface area contributed by atoms with E-state index in [4.69, 9.17) is 4.74 Å². The average molecular weight is 357 g/mol. The number of rotatable bonds is 1. The normalized spacial score (nSPS) is 20.6. The molecule has 0 saturated carbocycles. The number of fused-ring (bicyclic) bond motifs is 3. The van der Waals surface area contributed by atoms with E-state index in [0.717, 1.165) is 21.4 Å². The third-order valence-electron chi connectivity index (χ3n) is 4.88. The van der Waals surface area contributed by atoms with Gasteiger partial charge >= 0.3 is 0 Å². The van der Waals surface area contributed by atoms with Crippen molar-refractivity contribution in [3.8, 4) is 10.4 Å². The maximum absolute atomic E-state index is 12.7. The van der Waals surface area contributed by atoms with E-state index in [1.165, 1.54) is 11.3 Å². The van der Waals surface area contributed by atoms with E-state index in [0.29, 0.717) is 17.0 Å². The summed E-state index contributed by atoms with van der Waals surface area (Å²) in [6.07, 6.45) is 3.30. The van der Waals surface area contributed by atoms with Gasteiger partial charge in [-0.1, -0.05) is 20.8 Å². The van der Waals surface area contributed by atoms with Crippen molar-refractivity contribution in [2.24, 2.45) is 5.41 Å². The summed E-state index contributed by atoms with van der Waals surface area (Å²) in [6, 6.07) is 3.84. The summed E-state index contributed by atoms with van der Waals surface area (Å²) in [6.45, 7) is 6.35. The number of nitrogens with one attached hydrogen (secondary N) is 1. The highest BCUT2D eigenvalue weighted by Crippen LogP contribution is 2.45. The summed E-state index contributed by atoms with van der Waals surface area (Å²) in [7, 11) is 0. The largest absolute Gasteiger partial charge is 0.381 e. The van der Waals surface area contributed by atoms with E-state index >= 15 is 0 Å². The number of hydrogen-bond donors (Lipinski definition) is 2. The fourth-order valence-corrected chi connectivity index (χ4v) is 4.28. The predicted molar refractivity (Wildman–Crippen MR) is 96.5 cm³/mol. The Hall–Kier alpha value is -2.09. The second kappa shape index (κ2) is 5.45. The molecule has 0 saturated heterocycles. The minimum atomic E-state index is -1.24. The number of aliphatic hydroxyl groups is 1. The Bertz CT molecular complexity index is 1000. The lowest BCUT2D eigenvalue weighted by molar-refractivity contribution is -0.139. The van der Waals surface area contributed by atoms with Gasteiger partial charge in [0.05, 0.1) is 31.3 Å². The number of aromatic nitrogens is 3. The standard InChI is InChI=1S/C18H19N3O3S/c1-17(2,3)18(23)9-24-8-12-11-6-13(10-4-5-19-20-7-10)25-14(11)16(22)21-15(12)18/h4-7,23H,8-9H2,1-3H3,(H,21,22)/t18-/m1/s1. The van der Waals surface area contributed by atoms with Crippen LogP contribution < -0.4 is 5.56 Å². The van der Waals surface area contributed by atoms with Gasteiger partial charge < -0.3 is 14.8 Å². The van der Waals surface area contributed by atoms with Crippen LogP contribution in [0.3, 0.4) is 0 Å². The lowest BCUT2D eigenvalue weighted by atomic mass is 9.72. The van der Waals surface area contributed by atoms with Crippen LogP contribution in [0.15, 0.2) is 29.3 Å². The minimum Gasteiger partial charge on any atom is -0.381 e. The average Bonchev–Trinajstić information content (AvgIpc) is 3.02. The summed E-state index contributed by atoms with van der Waals surface area (Å²) in [5.41, 5.74) is 0.425. The molecule has 25 heavy (non-hydrogen) atoms. The minimum absolute atomic E-state index is 0.163. The molecule has 130 valence electrons. The molecule has 0 unspecified atom stereocenters. The van der Waals surface area contributed by atoms with Crippen LogP contribution in [0.25, 0.3) is 20.5 Å². The van der Waals surface area contributed by atoms with Gasteiger partial charge in [0.25, 0.3) is 5.56 Å². The van der Waals surface area contributed by atoms with Gasteiger partial charge in [0.15, 0.2) is 0 Å². The van der Waals surface area contributed by atoms with Crippen molar-refractivity contribution < 1.29 is 9.84 Å². The Labute approximate surface area is 148 Å². The fraction of sp³-hybridized carbons (Fsp3) is 0.389. The molecular weight excluding hydrogens is 338 g/mol. The van der Waals surface area contributed by atoms with E-state index in [1.807, 2.05) is 32.9 Å². The zero-order chi connectivity index (χ0) is 17.8. The van der Waals surface area contributed by atoms with Crippen molar-refractivity contribution in [3.63, 3.8) is 0 Å². The molecule has 0 aliphatic carbocycles. The summed E-state index contributed by atoms with van der Waals surface area (Å²) >= 11 is 1.41. The molecule has 0 amide bonds. The molecule has 0 bridgehead atoms.